The number of hydrogen-bond acceptors (Lipinski definition) is 29. The highest BCUT2D eigenvalue weighted by atomic mass is 19.4. The summed E-state index contributed by atoms with van der Waals surface area (Å²) >= 11 is 0. The van der Waals surface area contributed by atoms with E-state index < -0.39 is 97.0 Å². The van der Waals surface area contributed by atoms with E-state index in [9.17, 15) is 65.9 Å². The van der Waals surface area contributed by atoms with Crippen molar-refractivity contribution in [1.29, 1.82) is 0 Å². The van der Waals surface area contributed by atoms with Crippen LogP contribution in [0.1, 0.15) is 24.2 Å². The van der Waals surface area contributed by atoms with Crippen LogP contribution >= 0.6 is 0 Å². The summed E-state index contributed by atoms with van der Waals surface area (Å²) in [6.45, 7) is 2.53. The molecule has 0 saturated carbocycles. The average molecular weight is 1370 g/mol. The summed E-state index contributed by atoms with van der Waals surface area (Å²) in [5.41, 5.74) is -2.43. The van der Waals surface area contributed by atoms with E-state index in [-0.39, 0.29) is 228 Å². The quantitative estimate of drug-likeness (QED) is 0.0244. The Balaban J connectivity index is 0.954. The van der Waals surface area contributed by atoms with Crippen LogP contribution in [-0.2, 0) is 103 Å². The maximum atomic E-state index is 13.0. The molecule has 2 aromatic rings. The van der Waals surface area contributed by atoms with Gasteiger partial charge < -0.3 is 123 Å². The van der Waals surface area contributed by atoms with Crippen molar-refractivity contribution in [2.45, 2.75) is 79.9 Å². The van der Waals surface area contributed by atoms with Gasteiger partial charge in [-0.15, -0.1) is 0 Å². The number of aromatic nitrogens is 4. The molecule has 0 aliphatic carbocycles. The molecule has 8 atom stereocenters. The molecule has 0 bridgehead atoms. The lowest BCUT2D eigenvalue weighted by Gasteiger charge is -2.38. The molecule has 0 spiro atoms. The number of carbonyl (C=O) groups excluding carboxylic acids is 3. The van der Waals surface area contributed by atoms with E-state index in [0.29, 0.717) is 12.4 Å². The third-order valence-electron chi connectivity index (χ3n) is 12.9. The van der Waals surface area contributed by atoms with Crippen molar-refractivity contribution in [3.8, 4) is 0 Å². The summed E-state index contributed by atoms with van der Waals surface area (Å²) < 4.78 is 160. The third-order valence-corrected chi connectivity index (χ3v) is 12.9. The summed E-state index contributed by atoms with van der Waals surface area (Å²) in [6.07, 6.45) is -13.6. The summed E-state index contributed by atoms with van der Waals surface area (Å²) in [5.74, 6) is -2.71. The van der Waals surface area contributed by atoms with E-state index in [1.165, 1.54) is 0 Å². The van der Waals surface area contributed by atoms with Gasteiger partial charge in [-0.1, -0.05) is 0 Å². The fourth-order valence-corrected chi connectivity index (χ4v) is 8.10. The van der Waals surface area contributed by atoms with Gasteiger partial charge in [-0.25, -0.2) is 14.8 Å². The second kappa shape index (κ2) is 47.4. The SMILES string of the molecule is O=C(O)COCCOCCOCC(=O)NC(COCCC(=O)NCCOCCOCCOCCOC[C@H]1OC[C@H](Nc2cncc(C(F)(F)F)n2)[C@@H](O)[C@H]1O)COCCC(=O)NCCOCCOCCOCCOC[C@H]1OC[C@H](Nc2cncc(C(F)(F)F)n2)[C@@H](O)[C@H]1O. The number of nitrogens with one attached hydrogen (secondary N) is 5. The number of hydrogen-bond donors (Lipinski definition) is 10. The summed E-state index contributed by atoms with van der Waals surface area (Å²) in [6, 6.07) is -2.59. The number of rotatable bonds is 53. The monoisotopic (exact) mass is 1370 g/mol. The average Bonchev–Trinajstić information content (AvgIpc) is 1.25. The molecule has 0 radical (unpaired) electrons. The maximum absolute atomic E-state index is 13.0. The van der Waals surface area contributed by atoms with Gasteiger partial charge in [0.25, 0.3) is 0 Å². The van der Waals surface area contributed by atoms with E-state index >= 15 is 0 Å². The Labute approximate surface area is 537 Å². The Morgan fingerprint density at radius 1 is 0.457 bits per heavy atom. The molecule has 538 valence electrons. The highest BCUT2D eigenvalue weighted by Gasteiger charge is 2.41. The Hall–Kier alpha value is -5.54. The zero-order valence-corrected chi connectivity index (χ0v) is 51.7. The van der Waals surface area contributed by atoms with Crippen molar-refractivity contribution in [2.75, 3.05) is 209 Å². The third kappa shape index (κ3) is 36.0. The van der Waals surface area contributed by atoms with Crippen LogP contribution in [0.4, 0.5) is 38.0 Å². The molecular weight excluding hydrogens is 1280 g/mol. The van der Waals surface area contributed by atoms with E-state index in [4.69, 9.17) is 76.2 Å². The normalized spacial score (nSPS) is 20.1. The first kappa shape index (κ1) is 80.9. The lowest BCUT2D eigenvalue weighted by atomic mass is 9.98. The van der Waals surface area contributed by atoms with Crippen molar-refractivity contribution < 1.29 is 142 Å². The van der Waals surface area contributed by atoms with Crippen molar-refractivity contribution >= 4 is 35.3 Å². The van der Waals surface area contributed by atoms with Gasteiger partial charge >= 0.3 is 18.3 Å². The number of aliphatic carboxylic acids is 1. The predicted molar refractivity (Wildman–Crippen MR) is 308 cm³/mol. The van der Waals surface area contributed by atoms with Crippen LogP contribution in [0.25, 0.3) is 0 Å². The molecule has 3 amide bonds. The van der Waals surface area contributed by atoms with Crippen LogP contribution in [0.2, 0.25) is 0 Å². The molecule has 4 heterocycles. The van der Waals surface area contributed by atoms with Gasteiger partial charge in [0.05, 0.1) is 215 Å². The molecule has 0 aromatic carbocycles. The number of halogens is 6. The van der Waals surface area contributed by atoms with Gasteiger partial charge in [-0.3, -0.25) is 24.4 Å². The Morgan fingerprint density at radius 2 is 0.809 bits per heavy atom. The van der Waals surface area contributed by atoms with Crippen molar-refractivity contribution in [3.63, 3.8) is 0 Å². The predicted octanol–water partition coefficient (Wildman–Crippen LogP) is -2.40. The van der Waals surface area contributed by atoms with Crippen molar-refractivity contribution in [2.24, 2.45) is 0 Å². The van der Waals surface area contributed by atoms with E-state index in [2.05, 4.69) is 46.5 Å². The van der Waals surface area contributed by atoms with Crippen molar-refractivity contribution in [3.05, 3.63) is 36.2 Å². The van der Waals surface area contributed by atoms with E-state index in [1.807, 2.05) is 0 Å². The fourth-order valence-electron chi connectivity index (χ4n) is 8.10. The number of carbonyl (C=O) groups is 4. The van der Waals surface area contributed by atoms with Gasteiger partial charge in [0.15, 0.2) is 11.4 Å². The molecule has 2 aromatic heterocycles. The molecule has 0 unspecified atom stereocenters. The molecule has 94 heavy (non-hydrogen) atoms. The zero-order chi connectivity index (χ0) is 68.2. The summed E-state index contributed by atoms with van der Waals surface area (Å²) in [7, 11) is 0. The van der Waals surface area contributed by atoms with Crippen LogP contribution < -0.4 is 26.6 Å². The lowest BCUT2D eigenvalue weighted by Crippen LogP contribution is -2.57. The standard InChI is InChI=1S/C55H87F6N9O24/c56-54(57,58)42-25-62-27-44(69-42)67-38-31-93-40(52(78)50(38)76)33-89-21-17-84-15-13-82-11-9-80-7-3-64-46(71)1-5-87-29-37(66-48(73)35-91-23-19-86-20-24-92-36-49(74)75)30-88-6-2-47(72)65-4-8-81-10-12-83-14-16-85-18-22-90-34-41-53(79)51(77)39(32-94-41)68-45-28-63-26-43(70-45)55(59,60)61/h25-28,37-41,50-53,76-79H,1-24,29-36H2,(H,64,71)(H,65,72)(H,66,73)(H,67,69)(H,68,70)(H,74,75)/t38-,39-,40+,41+,50+,51+,52-,53-/m0/s1. The number of aliphatic hydroxyl groups excluding tert-OH is 4. The van der Waals surface area contributed by atoms with Crippen LogP contribution in [0, 0.1) is 0 Å². The van der Waals surface area contributed by atoms with Gasteiger partial charge in [-0.2, -0.15) is 26.3 Å². The van der Waals surface area contributed by atoms with Gasteiger partial charge in [0.2, 0.25) is 17.7 Å². The Bertz CT molecular complexity index is 2260. The highest BCUT2D eigenvalue weighted by Crippen LogP contribution is 2.29. The lowest BCUT2D eigenvalue weighted by molar-refractivity contribution is -0.161. The minimum absolute atomic E-state index is 0.00315. The van der Waals surface area contributed by atoms with Gasteiger partial charge in [0.1, 0.15) is 61.5 Å². The second-order valence-electron chi connectivity index (χ2n) is 20.3. The van der Waals surface area contributed by atoms with Crippen LogP contribution in [-0.4, -0.2) is 322 Å². The molecule has 4 rings (SSSR count). The van der Waals surface area contributed by atoms with Crippen LogP contribution in [0.5, 0.6) is 0 Å². The molecule has 2 aliphatic rings. The molecule has 2 saturated heterocycles. The number of carboxylic acids is 1. The zero-order valence-electron chi connectivity index (χ0n) is 51.7. The van der Waals surface area contributed by atoms with Crippen LogP contribution in [0.3, 0.4) is 0 Å². The largest absolute Gasteiger partial charge is 0.480 e. The number of aliphatic hydroxyl groups is 4. The van der Waals surface area contributed by atoms with Crippen LogP contribution in [0.15, 0.2) is 24.8 Å². The molecule has 2 aliphatic heterocycles. The highest BCUT2D eigenvalue weighted by molar-refractivity contribution is 5.77. The van der Waals surface area contributed by atoms with Gasteiger partial charge in [0, 0.05) is 25.9 Å². The summed E-state index contributed by atoms with van der Waals surface area (Å²) in [4.78, 5) is 62.0. The molecule has 33 nitrogen and oxygen atoms in total. The molecule has 39 heteroatoms. The number of anilines is 2. The Morgan fingerprint density at radius 3 is 1.18 bits per heavy atom. The fraction of sp³-hybridized carbons (Fsp3) is 0.782. The minimum atomic E-state index is -4.71. The second-order valence-corrected chi connectivity index (χ2v) is 20.3. The molecule has 10 N–H and O–H groups in total. The first-order valence-electron chi connectivity index (χ1n) is 30.0. The number of ether oxygens (including phenoxy) is 15. The maximum Gasteiger partial charge on any atom is 0.434 e. The number of carboxylic acid groups (broad SMARTS) is 1. The van der Waals surface area contributed by atoms with Gasteiger partial charge in [-0.05, 0) is 0 Å². The molecule has 2 fully saturated rings. The summed E-state index contributed by atoms with van der Waals surface area (Å²) in [5, 5.41) is 64.0. The minimum Gasteiger partial charge on any atom is -0.480 e. The first-order chi connectivity index (χ1) is 45.2. The first-order valence-corrected chi connectivity index (χ1v) is 30.0. The van der Waals surface area contributed by atoms with E-state index in [0.717, 1.165) is 12.4 Å². The number of alkyl halides is 6. The number of amides is 3. The topological polar surface area (TPSA) is 420 Å². The smallest absolute Gasteiger partial charge is 0.434 e. The number of nitrogens with zero attached hydrogens (tertiary/aromatic N) is 4. The van der Waals surface area contributed by atoms with E-state index in [1.54, 1.807) is 0 Å². The molecular formula is C55H87F6N9O24. The Kier molecular flexibility index (Phi) is 40.8. The van der Waals surface area contributed by atoms with Crippen molar-refractivity contribution in [1.82, 2.24) is 35.9 Å².